The Bertz CT molecular complexity index is 614. The van der Waals surface area contributed by atoms with E-state index in [0.717, 1.165) is 38.3 Å². The number of likely N-dealkylation sites (tertiary alicyclic amines) is 1. The number of aliphatic hydroxyl groups is 1. The van der Waals surface area contributed by atoms with Gasteiger partial charge in [0.1, 0.15) is 12.1 Å². The van der Waals surface area contributed by atoms with E-state index >= 15 is 0 Å². The molecule has 120 valence electrons. The molecule has 0 saturated carbocycles. The summed E-state index contributed by atoms with van der Waals surface area (Å²) in [7, 11) is 0. The van der Waals surface area contributed by atoms with Crippen molar-refractivity contribution in [3.63, 3.8) is 0 Å². The van der Waals surface area contributed by atoms with E-state index in [9.17, 15) is 5.11 Å². The van der Waals surface area contributed by atoms with Gasteiger partial charge < -0.3 is 16.2 Å². The Morgan fingerprint density at radius 2 is 2.32 bits per heavy atom. The molecule has 0 amide bonds. The molecule has 3 heterocycles. The molecule has 1 aliphatic rings. The standard InChI is InChI=1S/C14H23N7O/c15-14-18-12(8-13-19-17-10-21(13)14)16-5-3-7-20-6-2-1-4-11(20)9-22/h8,10-11,16,22H,1-7,9H2,(H2,15,18). The highest BCUT2D eigenvalue weighted by Crippen LogP contribution is 2.17. The van der Waals surface area contributed by atoms with Gasteiger partial charge in [0, 0.05) is 25.2 Å². The highest BCUT2D eigenvalue weighted by Gasteiger charge is 2.20. The van der Waals surface area contributed by atoms with E-state index < -0.39 is 0 Å². The quantitative estimate of drug-likeness (QED) is 0.662. The molecule has 8 nitrogen and oxygen atoms in total. The number of nitrogens with zero attached hydrogens (tertiary/aromatic N) is 5. The number of fused-ring (bicyclic) bond motifs is 1. The third-order valence-electron chi connectivity index (χ3n) is 4.21. The lowest BCUT2D eigenvalue weighted by molar-refractivity contribution is 0.0901. The van der Waals surface area contributed by atoms with Gasteiger partial charge in [0.2, 0.25) is 5.95 Å². The van der Waals surface area contributed by atoms with Gasteiger partial charge in [0.05, 0.1) is 6.61 Å². The predicted octanol–water partition coefficient (Wildman–Crippen LogP) is 0.355. The van der Waals surface area contributed by atoms with Crippen LogP contribution in [0.4, 0.5) is 11.8 Å². The maximum absolute atomic E-state index is 9.41. The molecule has 1 atom stereocenters. The number of nitrogen functional groups attached to an aromatic ring is 1. The Morgan fingerprint density at radius 1 is 1.41 bits per heavy atom. The van der Waals surface area contributed by atoms with Crippen LogP contribution in [0.25, 0.3) is 5.65 Å². The molecule has 3 rings (SSSR count). The van der Waals surface area contributed by atoms with Gasteiger partial charge in [-0.3, -0.25) is 9.30 Å². The third-order valence-corrected chi connectivity index (χ3v) is 4.21. The number of anilines is 2. The number of rotatable bonds is 6. The maximum atomic E-state index is 9.41. The van der Waals surface area contributed by atoms with Crippen LogP contribution < -0.4 is 11.1 Å². The number of aromatic nitrogens is 4. The molecule has 1 fully saturated rings. The molecule has 8 heteroatoms. The van der Waals surface area contributed by atoms with Crippen molar-refractivity contribution in [2.75, 3.05) is 37.3 Å². The predicted molar refractivity (Wildman–Crippen MR) is 84.6 cm³/mol. The van der Waals surface area contributed by atoms with Gasteiger partial charge in [-0.2, -0.15) is 4.98 Å². The molecule has 1 aliphatic heterocycles. The summed E-state index contributed by atoms with van der Waals surface area (Å²) < 4.78 is 1.64. The summed E-state index contributed by atoms with van der Waals surface area (Å²) in [5.74, 6) is 1.09. The lowest BCUT2D eigenvalue weighted by Crippen LogP contribution is -2.42. The van der Waals surface area contributed by atoms with Gasteiger partial charge in [-0.15, -0.1) is 10.2 Å². The summed E-state index contributed by atoms with van der Waals surface area (Å²) in [5.41, 5.74) is 6.54. The smallest absolute Gasteiger partial charge is 0.209 e. The molecular weight excluding hydrogens is 282 g/mol. The summed E-state index contributed by atoms with van der Waals surface area (Å²) in [4.78, 5) is 6.67. The molecule has 0 bridgehead atoms. The number of nitrogens with one attached hydrogen (secondary N) is 1. The van der Waals surface area contributed by atoms with Gasteiger partial charge >= 0.3 is 0 Å². The number of aliphatic hydroxyl groups excluding tert-OH is 1. The molecule has 1 saturated heterocycles. The SMILES string of the molecule is Nc1nc(NCCCN2CCCCC2CO)cc2nncn12. The molecule has 0 spiro atoms. The van der Waals surface area contributed by atoms with Gasteiger partial charge in [-0.05, 0) is 25.8 Å². The Hall–Kier alpha value is -1.93. The summed E-state index contributed by atoms with van der Waals surface area (Å²) in [6, 6.07) is 2.16. The van der Waals surface area contributed by atoms with E-state index in [4.69, 9.17) is 5.73 Å². The lowest BCUT2D eigenvalue weighted by atomic mass is 10.0. The molecule has 2 aromatic rings. The van der Waals surface area contributed by atoms with Crippen molar-refractivity contribution in [3.8, 4) is 0 Å². The first-order valence-electron chi connectivity index (χ1n) is 7.83. The molecule has 0 aliphatic carbocycles. The fraction of sp³-hybridized carbons (Fsp3) is 0.643. The molecule has 0 aromatic carbocycles. The Labute approximate surface area is 129 Å². The first kappa shape index (κ1) is 15.0. The van der Waals surface area contributed by atoms with Crippen molar-refractivity contribution in [2.24, 2.45) is 0 Å². The van der Waals surface area contributed by atoms with Crippen LogP contribution in [0.15, 0.2) is 12.4 Å². The molecule has 1 unspecified atom stereocenters. The fourth-order valence-electron chi connectivity index (χ4n) is 3.00. The highest BCUT2D eigenvalue weighted by molar-refractivity contribution is 5.53. The van der Waals surface area contributed by atoms with Gasteiger partial charge in [-0.25, -0.2) is 0 Å². The average Bonchev–Trinajstić information content (AvgIpc) is 3.01. The molecular formula is C14H23N7O. The normalized spacial score (nSPS) is 19.6. The second-order valence-electron chi connectivity index (χ2n) is 5.71. The monoisotopic (exact) mass is 305 g/mol. The Morgan fingerprint density at radius 3 is 3.18 bits per heavy atom. The first-order chi connectivity index (χ1) is 10.8. The molecule has 0 radical (unpaired) electrons. The van der Waals surface area contributed by atoms with Crippen LogP contribution in [0.3, 0.4) is 0 Å². The van der Waals surface area contributed by atoms with Gasteiger partial charge in [0.25, 0.3) is 0 Å². The van der Waals surface area contributed by atoms with Crippen LogP contribution in [-0.4, -0.2) is 61.9 Å². The van der Waals surface area contributed by atoms with E-state index in [1.165, 1.54) is 12.8 Å². The largest absolute Gasteiger partial charge is 0.395 e. The van der Waals surface area contributed by atoms with E-state index in [2.05, 4.69) is 25.4 Å². The number of hydrogen-bond donors (Lipinski definition) is 3. The van der Waals surface area contributed by atoms with Crippen LogP contribution in [0, 0.1) is 0 Å². The van der Waals surface area contributed by atoms with Gasteiger partial charge in [-0.1, -0.05) is 6.42 Å². The second-order valence-corrected chi connectivity index (χ2v) is 5.71. The minimum Gasteiger partial charge on any atom is -0.395 e. The van der Waals surface area contributed by atoms with Crippen molar-refractivity contribution < 1.29 is 5.11 Å². The molecule has 4 N–H and O–H groups in total. The average molecular weight is 305 g/mol. The van der Waals surface area contributed by atoms with E-state index in [-0.39, 0.29) is 6.61 Å². The van der Waals surface area contributed by atoms with Crippen molar-refractivity contribution in [1.29, 1.82) is 0 Å². The van der Waals surface area contributed by atoms with Crippen LogP contribution in [0.2, 0.25) is 0 Å². The van der Waals surface area contributed by atoms with Crippen LogP contribution in [0.5, 0.6) is 0 Å². The lowest BCUT2D eigenvalue weighted by Gasteiger charge is -2.34. The summed E-state index contributed by atoms with van der Waals surface area (Å²) in [5, 5.41) is 20.5. The van der Waals surface area contributed by atoms with Crippen LogP contribution in [0.1, 0.15) is 25.7 Å². The highest BCUT2D eigenvalue weighted by atomic mass is 16.3. The van der Waals surface area contributed by atoms with Crippen molar-refractivity contribution in [3.05, 3.63) is 12.4 Å². The maximum Gasteiger partial charge on any atom is 0.209 e. The minimum atomic E-state index is 0.259. The molecule has 22 heavy (non-hydrogen) atoms. The summed E-state index contributed by atoms with van der Waals surface area (Å²) in [6.45, 7) is 3.14. The first-order valence-corrected chi connectivity index (χ1v) is 7.83. The van der Waals surface area contributed by atoms with Crippen LogP contribution >= 0.6 is 0 Å². The second kappa shape index (κ2) is 6.89. The van der Waals surface area contributed by atoms with E-state index in [0.29, 0.717) is 17.6 Å². The van der Waals surface area contributed by atoms with Crippen molar-refractivity contribution in [2.45, 2.75) is 31.7 Å². The Balaban J connectivity index is 1.49. The van der Waals surface area contributed by atoms with E-state index in [1.807, 2.05) is 6.07 Å². The van der Waals surface area contributed by atoms with Crippen molar-refractivity contribution in [1.82, 2.24) is 24.5 Å². The van der Waals surface area contributed by atoms with Gasteiger partial charge in [0.15, 0.2) is 5.65 Å². The topological polar surface area (TPSA) is 105 Å². The third kappa shape index (κ3) is 3.28. The zero-order chi connectivity index (χ0) is 15.4. The zero-order valence-corrected chi connectivity index (χ0v) is 12.6. The Kier molecular flexibility index (Phi) is 4.69. The fourth-order valence-corrected chi connectivity index (χ4v) is 3.00. The number of piperidine rings is 1. The minimum absolute atomic E-state index is 0.259. The summed E-state index contributed by atoms with van der Waals surface area (Å²) >= 11 is 0. The zero-order valence-electron chi connectivity index (χ0n) is 12.6. The summed E-state index contributed by atoms with van der Waals surface area (Å²) in [6.07, 6.45) is 6.10. The molecule has 2 aromatic heterocycles. The number of nitrogens with two attached hydrogens (primary N) is 1. The number of hydrogen-bond acceptors (Lipinski definition) is 7. The van der Waals surface area contributed by atoms with E-state index in [1.54, 1.807) is 10.7 Å². The van der Waals surface area contributed by atoms with Crippen molar-refractivity contribution >= 4 is 17.4 Å². The van der Waals surface area contributed by atoms with Crippen LogP contribution in [-0.2, 0) is 0 Å².